The summed E-state index contributed by atoms with van der Waals surface area (Å²) < 4.78 is 12.9. The number of amides is 3. The zero-order valence-corrected chi connectivity index (χ0v) is 16.6. The van der Waals surface area contributed by atoms with Gasteiger partial charge in [-0.3, -0.25) is 4.79 Å². The van der Waals surface area contributed by atoms with Gasteiger partial charge in [0.1, 0.15) is 11.9 Å². The summed E-state index contributed by atoms with van der Waals surface area (Å²) in [6.07, 6.45) is 1.94. The van der Waals surface area contributed by atoms with E-state index in [0.29, 0.717) is 24.4 Å². The summed E-state index contributed by atoms with van der Waals surface area (Å²) in [5, 5.41) is 8.90. The average molecular weight is 406 g/mol. The number of carbonyl (C=O) groups is 2. The van der Waals surface area contributed by atoms with E-state index in [1.54, 1.807) is 18.2 Å². The van der Waals surface area contributed by atoms with Gasteiger partial charge in [0.25, 0.3) is 0 Å². The van der Waals surface area contributed by atoms with Crippen molar-refractivity contribution in [3.05, 3.63) is 70.5 Å². The second kappa shape index (κ2) is 11.3. The van der Waals surface area contributed by atoms with Crippen LogP contribution in [0.4, 0.5) is 9.18 Å². The minimum Gasteiger partial charge on any atom is -0.354 e. The molecule has 0 spiro atoms. The van der Waals surface area contributed by atoms with Crippen LogP contribution >= 0.6 is 11.6 Å². The van der Waals surface area contributed by atoms with Crippen molar-refractivity contribution in [2.45, 2.75) is 38.8 Å². The number of carbonyl (C=O) groups excluding carboxylic acids is 2. The minimum atomic E-state index is -0.613. The molecule has 2 aromatic rings. The lowest BCUT2D eigenvalue weighted by Gasteiger charge is -2.18. The zero-order chi connectivity index (χ0) is 20.4. The number of halogens is 2. The Kier molecular flexibility index (Phi) is 8.75. The molecule has 0 unspecified atom stereocenters. The van der Waals surface area contributed by atoms with Gasteiger partial charge in [0.2, 0.25) is 5.91 Å². The maximum atomic E-state index is 12.9. The van der Waals surface area contributed by atoms with Crippen molar-refractivity contribution in [1.29, 1.82) is 0 Å². The molecule has 0 aliphatic rings. The molecule has 0 aromatic heterocycles. The van der Waals surface area contributed by atoms with E-state index in [4.69, 9.17) is 11.6 Å². The van der Waals surface area contributed by atoms with Crippen LogP contribution < -0.4 is 16.0 Å². The lowest BCUT2D eigenvalue weighted by molar-refractivity contribution is -0.123. The van der Waals surface area contributed by atoms with Crippen LogP contribution in [0, 0.1) is 5.82 Å². The lowest BCUT2D eigenvalue weighted by atomic mass is 10.1. The van der Waals surface area contributed by atoms with Crippen LogP contribution in [0.1, 0.15) is 30.9 Å². The van der Waals surface area contributed by atoms with Crippen molar-refractivity contribution in [3.63, 3.8) is 0 Å². The van der Waals surface area contributed by atoms with Gasteiger partial charge >= 0.3 is 6.03 Å². The van der Waals surface area contributed by atoms with Crippen molar-refractivity contribution in [2.75, 3.05) is 6.54 Å². The van der Waals surface area contributed by atoms with E-state index >= 15 is 0 Å². The van der Waals surface area contributed by atoms with Crippen LogP contribution in [0.3, 0.4) is 0 Å². The Bertz CT molecular complexity index is 783. The number of hydrogen-bond donors (Lipinski definition) is 3. The molecule has 0 bridgehead atoms. The van der Waals surface area contributed by atoms with E-state index in [1.807, 2.05) is 25.1 Å². The molecule has 0 aliphatic heterocycles. The molecule has 3 amide bonds. The highest BCUT2D eigenvalue weighted by Gasteiger charge is 2.19. The molecular weight excluding hydrogens is 381 g/mol. The second-order valence-corrected chi connectivity index (χ2v) is 6.90. The molecule has 2 aromatic carbocycles. The molecule has 0 saturated carbocycles. The van der Waals surface area contributed by atoms with E-state index in [9.17, 15) is 14.0 Å². The summed E-state index contributed by atoms with van der Waals surface area (Å²) in [4.78, 5) is 24.5. The Morgan fingerprint density at radius 2 is 1.82 bits per heavy atom. The molecule has 0 aliphatic carbocycles. The van der Waals surface area contributed by atoms with Gasteiger partial charge in [-0.15, -0.1) is 0 Å². The molecule has 0 heterocycles. The van der Waals surface area contributed by atoms with Gasteiger partial charge in [-0.2, -0.15) is 0 Å². The Labute approximate surface area is 169 Å². The summed E-state index contributed by atoms with van der Waals surface area (Å²) in [5.74, 6) is -0.550. The maximum Gasteiger partial charge on any atom is 0.315 e. The third-order valence-electron chi connectivity index (χ3n) is 4.17. The van der Waals surface area contributed by atoms with Crippen molar-refractivity contribution in [1.82, 2.24) is 16.0 Å². The topological polar surface area (TPSA) is 70.2 Å². The van der Waals surface area contributed by atoms with Gasteiger partial charge in [-0.1, -0.05) is 49.2 Å². The first-order chi connectivity index (χ1) is 13.5. The molecule has 1 atom stereocenters. The average Bonchev–Trinajstić information content (AvgIpc) is 2.67. The van der Waals surface area contributed by atoms with Crippen molar-refractivity contribution in [3.8, 4) is 0 Å². The Hall–Kier alpha value is -2.60. The molecule has 28 heavy (non-hydrogen) atoms. The van der Waals surface area contributed by atoms with Gasteiger partial charge in [0.05, 0.1) is 0 Å². The Morgan fingerprint density at radius 3 is 2.50 bits per heavy atom. The maximum absolute atomic E-state index is 12.9. The SMILES string of the molecule is CCC[C@@H](NC(=O)NCc1ccc(F)cc1)C(=O)NCCc1cccc(Cl)c1. The number of urea groups is 1. The van der Waals surface area contributed by atoms with Gasteiger partial charge in [-0.05, 0) is 48.2 Å². The van der Waals surface area contributed by atoms with E-state index in [2.05, 4.69) is 16.0 Å². The minimum absolute atomic E-state index is 0.221. The molecular formula is C21H25ClFN3O2. The van der Waals surface area contributed by atoms with Gasteiger partial charge < -0.3 is 16.0 Å². The van der Waals surface area contributed by atoms with Crippen LogP contribution in [-0.2, 0) is 17.8 Å². The lowest BCUT2D eigenvalue weighted by Crippen LogP contribution is -2.50. The number of hydrogen-bond acceptors (Lipinski definition) is 2. The van der Waals surface area contributed by atoms with Gasteiger partial charge in [0, 0.05) is 18.1 Å². The quantitative estimate of drug-likeness (QED) is 0.593. The first kappa shape index (κ1) is 21.7. The summed E-state index contributed by atoms with van der Waals surface area (Å²) in [6.45, 7) is 2.66. The first-order valence-corrected chi connectivity index (χ1v) is 9.66. The molecule has 2 rings (SSSR count). The highest BCUT2D eigenvalue weighted by molar-refractivity contribution is 6.30. The summed E-state index contributed by atoms with van der Waals surface area (Å²) in [7, 11) is 0. The van der Waals surface area contributed by atoms with Gasteiger partial charge in [-0.25, -0.2) is 9.18 Å². The second-order valence-electron chi connectivity index (χ2n) is 6.47. The highest BCUT2D eigenvalue weighted by Crippen LogP contribution is 2.10. The summed E-state index contributed by atoms with van der Waals surface area (Å²) >= 11 is 5.96. The predicted molar refractivity (Wildman–Crippen MR) is 109 cm³/mol. The molecule has 7 heteroatoms. The van der Waals surface area contributed by atoms with E-state index in [1.165, 1.54) is 12.1 Å². The van der Waals surface area contributed by atoms with Crippen molar-refractivity contribution >= 4 is 23.5 Å². The highest BCUT2D eigenvalue weighted by atomic mass is 35.5. The largest absolute Gasteiger partial charge is 0.354 e. The molecule has 0 saturated heterocycles. The molecule has 150 valence electrons. The fourth-order valence-corrected chi connectivity index (χ4v) is 2.91. The smallest absolute Gasteiger partial charge is 0.315 e. The van der Waals surface area contributed by atoms with Gasteiger partial charge in [0.15, 0.2) is 0 Å². The summed E-state index contributed by atoms with van der Waals surface area (Å²) in [6, 6.07) is 12.3. The normalized spacial score (nSPS) is 11.5. The number of rotatable bonds is 9. The monoisotopic (exact) mass is 405 g/mol. The van der Waals surface area contributed by atoms with Crippen molar-refractivity contribution in [2.24, 2.45) is 0 Å². The van der Waals surface area contributed by atoms with E-state index < -0.39 is 12.1 Å². The summed E-state index contributed by atoms with van der Waals surface area (Å²) in [5.41, 5.74) is 1.81. The van der Waals surface area contributed by atoms with Crippen LogP contribution in [0.5, 0.6) is 0 Å². The Balaban J connectivity index is 1.78. The van der Waals surface area contributed by atoms with E-state index in [0.717, 1.165) is 17.5 Å². The van der Waals surface area contributed by atoms with Crippen LogP contribution in [-0.4, -0.2) is 24.5 Å². The number of nitrogens with one attached hydrogen (secondary N) is 3. The van der Waals surface area contributed by atoms with Crippen LogP contribution in [0.25, 0.3) is 0 Å². The Morgan fingerprint density at radius 1 is 1.07 bits per heavy atom. The predicted octanol–water partition coefficient (Wildman–Crippen LogP) is 3.81. The molecule has 0 radical (unpaired) electrons. The standard InChI is InChI=1S/C21H25ClFN3O2/c1-2-4-19(20(27)24-12-11-15-5-3-6-17(22)13-15)26-21(28)25-14-16-7-9-18(23)10-8-16/h3,5-10,13,19H,2,4,11-12,14H2,1H3,(H,24,27)(H2,25,26,28)/t19-/m1/s1. The third-order valence-corrected chi connectivity index (χ3v) is 4.40. The fourth-order valence-electron chi connectivity index (χ4n) is 2.70. The zero-order valence-electron chi connectivity index (χ0n) is 15.8. The first-order valence-electron chi connectivity index (χ1n) is 9.29. The molecule has 3 N–H and O–H groups in total. The molecule has 5 nitrogen and oxygen atoms in total. The van der Waals surface area contributed by atoms with E-state index in [-0.39, 0.29) is 18.3 Å². The third kappa shape index (κ3) is 7.56. The molecule has 0 fully saturated rings. The fraction of sp³-hybridized carbons (Fsp3) is 0.333. The van der Waals surface area contributed by atoms with Crippen LogP contribution in [0.15, 0.2) is 48.5 Å². The van der Waals surface area contributed by atoms with Crippen LogP contribution in [0.2, 0.25) is 5.02 Å². The van der Waals surface area contributed by atoms with Crippen molar-refractivity contribution < 1.29 is 14.0 Å². The number of benzene rings is 2.